The quantitative estimate of drug-likeness (QED) is 0.798. The van der Waals surface area contributed by atoms with Crippen molar-refractivity contribution in [2.24, 2.45) is 0 Å². The van der Waals surface area contributed by atoms with Gasteiger partial charge in [0, 0.05) is 30.6 Å². The smallest absolute Gasteiger partial charge is 0.244 e. The van der Waals surface area contributed by atoms with Crippen molar-refractivity contribution in [1.82, 2.24) is 9.21 Å². The number of alkyl halides is 1. The standard InChI is InChI=1S/C12H19ClN2O2S2/c1-3-10-9-15(6-5-14(10)2)19(16,17)12-4-7-18-11(12)8-13/h4,7,10H,3,5-6,8-9H2,1-2H3. The van der Waals surface area contributed by atoms with Crippen LogP contribution in [-0.2, 0) is 15.9 Å². The van der Waals surface area contributed by atoms with Crippen molar-refractivity contribution in [3.05, 3.63) is 16.3 Å². The van der Waals surface area contributed by atoms with Crippen LogP contribution < -0.4 is 0 Å². The number of piperazine rings is 1. The fourth-order valence-electron chi connectivity index (χ4n) is 2.37. The summed E-state index contributed by atoms with van der Waals surface area (Å²) in [6.45, 7) is 3.98. The normalized spacial score (nSPS) is 22.8. The van der Waals surface area contributed by atoms with E-state index in [4.69, 9.17) is 11.6 Å². The molecule has 0 bridgehead atoms. The van der Waals surface area contributed by atoms with Crippen LogP contribution in [0.2, 0.25) is 0 Å². The third-order valence-electron chi connectivity index (χ3n) is 3.65. The summed E-state index contributed by atoms with van der Waals surface area (Å²) >= 11 is 7.22. The van der Waals surface area contributed by atoms with Gasteiger partial charge in [0.05, 0.1) is 10.8 Å². The fourth-order valence-corrected chi connectivity index (χ4v) is 5.51. The van der Waals surface area contributed by atoms with Crippen molar-refractivity contribution in [1.29, 1.82) is 0 Å². The van der Waals surface area contributed by atoms with E-state index in [1.807, 2.05) is 7.05 Å². The monoisotopic (exact) mass is 322 g/mol. The zero-order chi connectivity index (χ0) is 14.0. The van der Waals surface area contributed by atoms with E-state index >= 15 is 0 Å². The van der Waals surface area contributed by atoms with Gasteiger partial charge in [0.15, 0.2) is 0 Å². The lowest BCUT2D eigenvalue weighted by atomic mass is 10.1. The molecule has 0 N–H and O–H groups in total. The molecule has 1 atom stereocenters. The minimum absolute atomic E-state index is 0.247. The maximum absolute atomic E-state index is 12.7. The predicted octanol–water partition coefficient (Wildman–Crippen LogP) is 2.20. The van der Waals surface area contributed by atoms with Crippen LogP contribution in [0, 0.1) is 0 Å². The molecule has 19 heavy (non-hydrogen) atoms. The maximum Gasteiger partial charge on any atom is 0.244 e. The molecule has 0 radical (unpaired) electrons. The molecule has 4 nitrogen and oxygen atoms in total. The summed E-state index contributed by atoms with van der Waals surface area (Å²) in [7, 11) is -1.35. The van der Waals surface area contributed by atoms with E-state index in [1.165, 1.54) is 11.3 Å². The first-order valence-corrected chi connectivity index (χ1v) is 9.18. The molecule has 1 aromatic heterocycles. The second-order valence-electron chi connectivity index (χ2n) is 4.75. The lowest BCUT2D eigenvalue weighted by Gasteiger charge is -2.38. The number of likely N-dealkylation sites (N-methyl/N-ethyl adjacent to an activating group) is 1. The summed E-state index contributed by atoms with van der Waals surface area (Å²) in [4.78, 5) is 3.34. The fraction of sp³-hybridized carbons (Fsp3) is 0.667. The third-order valence-corrected chi connectivity index (χ3v) is 7.08. The number of sulfonamides is 1. The molecule has 1 aliphatic rings. The Morgan fingerprint density at radius 3 is 2.84 bits per heavy atom. The molecule has 1 unspecified atom stereocenters. The van der Waals surface area contributed by atoms with Crippen LogP contribution in [0.5, 0.6) is 0 Å². The summed E-state index contributed by atoms with van der Waals surface area (Å²) in [6, 6.07) is 1.96. The average Bonchev–Trinajstić information content (AvgIpc) is 2.88. The Morgan fingerprint density at radius 2 is 2.21 bits per heavy atom. The van der Waals surface area contributed by atoms with E-state index < -0.39 is 10.0 Å². The minimum atomic E-state index is -3.40. The molecule has 0 spiro atoms. The van der Waals surface area contributed by atoms with Crippen LogP contribution in [0.4, 0.5) is 0 Å². The van der Waals surface area contributed by atoms with Crippen molar-refractivity contribution in [2.45, 2.75) is 30.2 Å². The maximum atomic E-state index is 12.7. The Balaban J connectivity index is 2.25. The first kappa shape index (κ1) is 15.3. The molecule has 0 amide bonds. The average molecular weight is 323 g/mol. The Hall–Kier alpha value is -0.140. The van der Waals surface area contributed by atoms with Crippen LogP contribution in [-0.4, -0.2) is 50.3 Å². The van der Waals surface area contributed by atoms with E-state index in [9.17, 15) is 8.42 Å². The van der Waals surface area contributed by atoms with Crippen molar-refractivity contribution < 1.29 is 8.42 Å². The molecule has 0 aliphatic carbocycles. The zero-order valence-electron chi connectivity index (χ0n) is 11.2. The number of hydrogen-bond donors (Lipinski definition) is 0. The van der Waals surface area contributed by atoms with Gasteiger partial charge in [0.25, 0.3) is 0 Å². The van der Waals surface area contributed by atoms with Gasteiger partial charge in [0.2, 0.25) is 10.0 Å². The van der Waals surface area contributed by atoms with Crippen LogP contribution >= 0.6 is 22.9 Å². The highest BCUT2D eigenvalue weighted by Crippen LogP contribution is 2.28. The molecule has 0 aromatic carbocycles. The number of hydrogen-bond acceptors (Lipinski definition) is 4. The van der Waals surface area contributed by atoms with Gasteiger partial charge in [-0.25, -0.2) is 8.42 Å². The molecule has 2 rings (SSSR count). The molecule has 1 aromatic rings. The number of thiophene rings is 1. The van der Waals surface area contributed by atoms with Crippen molar-refractivity contribution >= 4 is 33.0 Å². The summed E-state index contributed by atoms with van der Waals surface area (Å²) in [6.07, 6.45) is 0.953. The number of rotatable bonds is 4. The zero-order valence-corrected chi connectivity index (χ0v) is 13.6. The van der Waals surface area contributed by atoms with Crippen LogP contribution in [0.1, 0.15) is 18.2 Å². The predicted molar refractivity (Wildman–Crippen MR) is 79.3 cm³/mol. The van der Waals surface area contributed by atoms with Crippen LogP contribution in [0.25, 0.3) is 0 Å². The van der Waals surface area contributed by atoms with Crippen LogP contribution in [0.3, 0.4) is 0 Å². The summed E-state index contributed by atoms with van der Waals surface area (Å²) in [5.74, 6) is 0.247. The molecule has 0 saturated carbocycles. The topological polar surface area (TPSA) is 40.6 Å². The highest BCUT2D eigenvalue weighted by atomic mass is 35.5. The number of nitrogens with zero attached hydrogens (tertiary/aromatic N) is 2. The Bertz CT molecular complexity index is 530. The van der Waals surface area contributed by atoms with E-state index in [-0.39, 0.29) is 5.88 Å². The lowest BCUT2D eigenvalue weighted by Crippen LogP contribution is -2.52. The van der Waals surface area contributed by atoms with E-state index in [2.05, 4.69) is 11.8 Å². The highest BCUT2D eigenvalue weighted by molar-refractivity contribution is 7.89. The van der Waals surface area contributed by atoms with Gasteiger partial charge in [-0.1, -0.05) is 6.92 Å². The van der Waals surface area contributed by atoms with Crippen molar-refractivity contribution in [2.75, 3.05) is 26.7 Å². The van der Waals surface area contributed by atoms with Gasteiger partial charge in [-0.15, -0.1) is 22.9 Å². The molecule has 108 valence electrons. The molecular weight excluding hydrogens is 304 g/mol. The van der Waals surface area contributed by atoms with E-state index in [0.29, 0.717) is 24.0 Å². The van der Waals surface area contributed by atoms with Crippen LogP contribution in [0.15, 0.2) is 16.3 Å². The molecule has 1 aliphatic heterocycles. The van der Waals surface area contributed by atoms with Gasteiger partial charge in [-0.05, 0) is 24.9 Å². The second kappa shape index (κ2) is 6.10. The molecule has 1 saturated heterocycles. The minimum Gasteiger partial charge on any atom is -0.301 e. The van der Waals surface area contributed by atoms with Gasteiger partial charge >= 0.3 is 0 Å². The molecule has 2 heterocycles. The summed E-state index contributed by atoms with van der Waals surface area (Å²) in [5, 5.41) is 1.79. The van der Waals surface area contributed by atoms with Gasteiger partial charge in [-0.3, -0.25) is 0 Å². The number of halogens is 1. The third kappa shape index (κ3) is 2.97. The van der Waals surface area contributed by atoms with Gasteiger partial charge < -0.3 is 4.90 Å². The largest absolute Gasteiger partial charge is 0.301 e. The Kier molecular flexibility index (Phi) is 4.89. The molecule has 7 heteroatoms. The lowest BCUT2D eigenvalue weighted by molar-refractivity contribution is 0.144. The van der Waals surface area contributed by atoms with Gasteiger partial charge in [-0.2, -0.15) is 4.31 Å². The molecular formula is C12H19ClN2O2S2. The van der Waals surface area contributed by atoms with Crippen molar-refractivity contribution in [3.63, 3.8) is 0 Å². The van der Waals surface area contributed by atoms with Gasteiger partial charge in [0.1, 0.15) is 0 Å². The second-order valence-corrected chi connectivity index (χ2v) is 7.92. The summed E-state index contributed by atoms with van der Waals surface area (Å²) in [5.41, 5.74) is 0. The Morgan fingerprint density at radius 1 is 1.47 bits per heavy atom. The Labute approximate surface area is 124 Å². The van der Waals surface area contributed by atoms with E-state index in [1.54, 1.807) is 15.8 Å². The SMILES string of the molecule is CCC1CN(S(=O)(=O)c2ccsc2CCl)CCN1C. The highest BCUT2D eigenvalue weighted by Gasteiger charge is 2.33. The van der Waals surface area contributed by atoms with E-state index in [0.717, 1.165) is 17.8 Å². The molecule has 1 fully saturated rings. The first-order chi connectivity index (χ1) is 9.00. The first-order valence-electron chi connectivity index (χ1n) is 6.33. The van der Waals surface area contributed by atoms with Crippen molar-refractivity contribution in [3.8, 4) is 0 Å². The summed E-state index contributed by atoms with van der Waals surface area (Å²) < 4.78 is 26.9.